The zero-order valence-corrected chi connectivity index (χ0v) is 51.0. The number of carbonyl (C=O) groups is 8. The molecule has 4 rings (SSSR count). The zero-order valence-electron chi connectivity index (χ0n) is 46.1. The van der Waals surface area contributed by atoms with Gasteiger partial charge in [0, 0.05) is 45.3 Å². The maximum Gasteiger partial charge on any atom is 1.00 e. The Morgan fingerprint density at radius 2 is 1.37 bits per heavy atom. The minimum atomic E-state index is -5.48. The first-order valence-corrected chi connectivity index (χ1v) is 27.9. The smallest absolute Gasteiger partial charge is 0.780 e. The van der Waals surface area contributed by atoms with Crippen molar-refractivity contribution < 1.29 is 147 Å². The van der Waals surface area contributed by atoms with E-state index >= 15 is 0 Å². The molecule has 1 aromatic rings. The van der Waals surface area contributed by atoms with Crippen LogP contribution in [0.2, 0.25) is 0 Å². The van der Waals surface area contributed by atoms with Crippen LogP contribution in [0, 0.1) is 11.8 Å². The standard InChI is InChI=1S/C50H81N8O18P.2Na/c1-5-27(2)20-28(3)12-10-8-6-7-9-11-13-40(66)53-34-22-31(60)25-52-48(70)44-36(62)18-19-57(44)50(72)43(38(64)24-39(51)65)56-47(69)42(37(63)21-30-14-16-33(17-15-30)76-77(73,74)75)55-46(68)35-23-32(61)26-58(35)49(71)41(29(4)59)54-45(34)67;;/h14-17,27-29,31-32,34-38,41-44,59-64H,5-13,18-26H2,1-4H3,(H2,51,65)(H,52,70)(H,53,66)(H,54,67)(H,55,68)(H,56,69)(H2,73,74,75);;/q;2*+1/p-2. The summed E-state index contributed by atoms with van der Waals surface area (Å²) in [6.45, 7) is 6.28. The minimum absolute atomic E-state index is 0. The molecule has 3 aliphatic heterocycles. The van der Waals surface area contributed by atoms with Gasteiger partial charge in [0.2, 0.25) is 47.3 Å². The number of hydrogen-bond acceptors (Lipinski definition) is 18. The summed E-state index contributed by atoms with van der Waals surface area (Å²) in [7, 11) is -5.48. The van der Waals surface area contributed by atoms with E-state index in [0.717, 1.165) is 67.4 Å². The van der Waals surface area contributed by atoms with Crippen molar-refractivity contribution >= 4 is 55.1 Å². The molecular weight excluding hydrogens is 1080 g/mol. The van der Waals surface area contributed by atoms with Crippen molar-refractivity contribution in [3.05, 3.63) is 29.8 Å². The summed E-state index contributed by atoms with van der Waals surface area (Å²) in [5.74, 6) is -7.95. The number of rotatable bonds is 22. The van der Waals surface area contributed by atoms with Gasteiger partial charge in [-0.2, -0.15) is 0 Å². The van der Waals surface area contributed by atoms with E-state index in [1.54, 1.807) is 0 Å². The Morgan fingerprint density at radius 3 is 1.97 bits per heavy atom. The molecule has 8 amide bonds. The van der Waals surface area contributed by atoms with Crippen molar-refractivity contribution in [2.75, 3.05) is 19.6 Å². The van der Waals surface area contributed by atoms with Crippen LogP contribution in [0.5, 0.6) is 5.75 Å². The van der Waals surface area contributed by atoms with E-state index in [2.05, 4.69) is 51.9 Å². The topological polar surface area (TPSA) is 423 Å². The summed E-state index contributed by atoms with van der Waals surface area (Å²) >= 11 is 0. The maximum atomic E-state index is 14.4. The van der Waals surface area contributed by atoms with Gasteiger partial charge >= 0.3 is 59.1 Å². The van der Waals surface area contributed by atoms with Gasteiger partial charge in [-0.05, 0) is 55.7 Å². The second-order valence-electron chi connectivity index (χ2n) is 20.9. The summed E-state index contributed by atoms with van der Waals surface area (Å²) in [4.78, 5) is 135. The van der Waals surface area contributed by atoms with Crippen LogP contribution in [0.1, 0.15) is 123 Å². The van der Waals surface area contributed by atoms with E-state index in [1.807, 2.05) is 0 Å². The predicted molar refractivity (Wildman–Crippen MR) is 270 cm³/mol. The van der Waals surface area contributed by atoms with Gasteiger partial charge in [0.1, 0.15) is 49.8 Å². The van der Waals surface area contributed by atoms with E-state index in [1.165, 1.54) is 18.6 Å². The Bertz CT molecular complexity index is 2230. The van der Waals surface area contributed by atoms with Crippen molar-refractivity contribution in [2.45, 2.75) is 197 Å². The summed E-state index contributed by atoms with van der Waals surface area (Å²) in [5.41, 5.74) is 5.49. The van der Waals surface area contributed by atoms with Crippen LogP contribution in [0.3, 0.4) is 0 Å². The third kappa shape index (κ3) is 23.1. The Balaban J connectivity index is 0.0000107. The second kappa shape index (κ2) is 34.3. The van der Waals surface area contributed by atoms with Gasteiger partial charge in [-0.3, -0.25) is 38.4 Å². The Morgan fingerprint density at radius 1 is 0.772 bits per heavy atom. The van der Waals surface area contributed by atoms with Crippen molar-refractivity contribution in [1.29, 1.82) is 0 Å². The molecule has 3 aliphatic rings. The molecule has 14 atom stereocenters. The van der Waals surface area contributed by atoms with Crippen LogP contribution in [0.4, 0.5) is 0 Å². The fourth-order valence-corrected chi connectivity index (χ4v) is 10.3. The van der Waals surface area contributed by atoms with Crippen LogP contribution in [0.25, 0.3) is 0 Å². The number of phosphoric acid groups is 1. The normalized spacial score (nSPS) is 26.7. The average molecular weight is 1160 g/mol. The number of unbranched alkanes of at least 4 members (excludes halogenated alkanes) is 5. The second-order valence-corrected chi connectivity index (χ2v) is 22.0. The minimum Gasteiger partial charge on any atom is -0.780 e. The van der Waals surface area contributed by atoms with Gasteiger partial charge in [0.15, 0.2) is 0 Å². The number of amides is 8. The zero-order chi connectivity index (χ0) is 57.3. The number of aliphatic hydroxyl groups is 6. The molecule has 434 valence electrons. The van der Waals surface area contributed by atoms with Gasteiger partial charge in [-0.25, -0.2) is 0 Å². The number of phosphoric ester groups is 1. The summed E-state index contributed by atoms with van der Waals surface area (Å²) < 4.78 is 15.5. The molecule has 0 radical (unpaired) electrons. The van der Waals surface area contributed by atoms with E-state index in [-0.39, 0.29) is 84.1 Å². The predicted octanol–water partition coefficient (Wildman–Crippen LogP) is -9.64. The molecular formula is C50H79N8Na2O18P. The van der Waals surface area contributed by atoms with Crippen LogP contribution in [-0.4, -0.2) is 180 Å². The molecule has 0 spiro atoms. The van der Waals surface area contributed by atoms with E-state index in [4.69, 9.17) is 5.73 Å². The molecule has 26 nitrogen and oxygen atoms in total. The van der Waals surface area contributed by atoms with Crippen LogP contribution < -0.4 is 106 Å². The summed E-state index contributed by atoms with van der Waals surface area (Å²) in [6, 6.07) is -6.75. The number of aliphatic hydroxyl groups excluding tert-OH is 6. The largest absolute Gasteiger partial charge is 1.00 e. The molecule has 79 heavy (non-hydrogen) atoms. The third-order valence-corrected chi connectivity index (χ3v) is 14.7. The molecule has 13 N–H and O–H groups in total. The Labute approximate surface area is 504 Å². The number of β-amino-alcohol motifs (C(OH)–C–C–N with tert-alkyl or cyclic N) is 1. The molecule has 0 saturated carbocycles. The van der Waals surface area contributed by atoms with Crippen LogP contribution in [0.15, 0.2) is 24.3 Å². The Kier molecular flexibility index (Phi) is 31.2. The molecule has 0 aliphatic carbocycles. The molecule has 29 heteroatoms. The molecule has 1 aromatic carbocycles. The van der Waals surface area contributed by atoms with Crippen molar-refractivity contribution in [3.63, 3.8) is 0 Å². The summed E-state index contributed by atoms with van der Waals surface area (Å²) in [6.07, 6.45) is -4.65. The number of hydrogen-bond donors (Lipinski definition) is 12. The number of nitrogens with one attached hydrogen (secondary N) is 5. The van der Waals surface area contributed by atoms with Crippen LogP contribution >= 0.6 is 7.82 Å². The SMILES string of the molecule is CCC(C)CC(C)CCCCCCCCC(=O)NC1CC(O)CNC(=O)C2C(O)CCN2C(=O)C(C(O)CC(N)=O)NC(=O)C(C(O)Cc2ccc(OP(=O)([O-])[O-])cc2)NC(=O)C2CC(O)CN2C(=O)C(C(C)O)NC1=O.[Na+].[Na+]. The van der Waals surface area contributed by atoms with Gasteiger partial charge in [0.05, 0.1) is 43.0 Å². The molecule has 14 unspecified atom stereocenters. The summed E-state index contributed by atoms with van der Waals surface area (Å²) in [5, 5.41) is 78.9. The first kappa shape index (κ1) is 71.8. The monoisotopic (exact) mass is 1160 g/mol. The number of nitrogens with two attached hydrogens (primary N) is 1. The first-order valence-electron chi connectivity index (χ1n) is 26.5. The number of nitrogens with zero attached hydrogens (tertiary/aromatic N) is 2. The van der Waals surface area contributed by atoms with Crippen molar-refractivity contribution in [1.82, 2.24) is 36.4 Å². The van der Waals surface area contributed by atoms with E-state index in [0.29, 0.717) is 24.7 Å². The fraction of sp³-hybridized carbons (Fsp3) is 0.720. The quantitative estimate of drug-likeness (QED) is 0.0291. The fourth-order valence-electron chi connectivity index (χ4n) is 9.93. The van der Waals surface area contributed by atoms with Gasteiger partial charge < -0.3 is 91.6 Å². The molecule has 0 aromatic heterocycles. The Hall–Kier alpha value is -3.31. The number of carbonyl (C=O) groups excluding carboxylic acids is 8. The van der Waals surface area contributed by atoms with E-state index < -0.39 is 172 Å². The molecule has 3 saturated heterocycles. The molecule has 3 fully saturated rings. The number of benzene rings is 1. The first-order chi connectivity index (χ1) is 36.2. The van der Waals surface area contributed by atoms with Crippen molar-refractivity contribution in [2.24, 2.45) is 17.6 Å². The molecule has 3 heterocycles. The van der Waals surface area contributed by atoms with Gasteiger partial charge in [-0.15, -0.1) is 0 Å². The van der Waals surface area contributed by atoms with E-state index in [9.17, 15) is 83.3 Å². The number of primary amides is 1. The van der Waals surface area contributed by atoms with Crippen LogP contribution in [-0.2, 0) is 49.3 Å². The van der Waals surface area contributed by atoms with Crippen molar-refractivity contribution in [3.8, 4) is 5.75 Å². The third-order valence-electron chi connectivity index (χ3n) is 14.3. The average Bonchev–Trinajstić information content (AvgIpc) is 3.94. The van der Waals surface area contributed by atoms with Gasteiger partial charge in [0.25, 0.3) is 0 Å². The number of fused-ring (bicyclic) bond motifs is 2. The maximum absolute atomic E-state index is 14.4. The molecule has 0 bridgehead atoms. The van der Waals surface area contributed by atoms with Gasteiger partial charge in [-0.1, -0.05) is 77.8 Å².